The zero-order valence-corrected chi connectivity index (χ0v) is 15.7. The summed E-state index contributed by atoms with van der Waals surface area (Å²) in [5.41, 5.74) is 1.39. The van der Waals surface area contributed by atoms with Gasteiger partial charge in [0, 0.05) is 5.92 Å². The van der Waals surface area contributed by atoms with E-state index in [0.717, 1.165) is 49.4 Å². The molecule has 0 aromatic rings. The Labute approximate surface area is 147 Å². The zero-order valence-electron chi connectivity index (χ0n) is 15.7. The molecule has 0 heterocycles. The molecule has 0 radical (unpaired) electrons. The van der Waals surface area contributed by atoms with Crippen LogP contribution in [0.15, 0.2) is 11.6 Å². The summed E-state index contributed by atoms with van der Waals surface area (Å²) in [4.78, 5) is 12.2. The fraction of sp³-hybridized carbons (Fsp3) is 0.864. The molecule has 0 spiro atoms. The van der Waals surface area contributed by atoms with E-state index in [1.54, 1.807) is 5.57 Å². The number of fused-ring (bicyclic) bond motifs is 5. The maximum Gasteiger partial charge on any atom is 0.133 e. The summed E-state index contributed by atoms with van der Waals surface area (Å²) in [6, 6.07) is 0. The molecular formula is C22H34O2. The van der Waals surface area contributed by atoms with E-state index in [1.807, 2.05) is 6.92 Å². The Kier molecular flexibility index (Phi) is 3.99. The van der Waals surface area contributed by atoms with Gasteiger partial charge in [0.1, 0.15) is 5.78 Å². The second kappa shape index (κ2) is 5.69. The van der Waals surface area contributed by atoms with E-state index in [2.05, 4.69) is 19.9 Å². The van der Waals surface area contributed by atoms with Crippen LogP contribution in [-0.4, -0.2) is 16.5 Å². The molecule has 134 valence electrons. The molecule has 0 amide bonds. The van der Waals surface area contributed by atoms with Gasteiger partial charge in [-0.25, -0.2) is 0 Å². The monoisotopic (exact) mass is 330 g/mol. The number of carbonyl (C=O) groups excluding carboxylic acids is 1. The lowest BCUT2D eigenvalue weighted by atomic mass is 9.51. The SMILES string of the molecule is CC[C@]1(O)CC[C@H]2C(=CC[C@@H]3[C@@H]2CC[C@]2(C)[C@@H](C(C)=O)CC[C@@H]32)C1. The van der Waals surface area contributed by atoms with Crippen molar-refractivity contribution >= 4 is 5.78 Å². The van der Waals surface area contributed by atoms with Crippen LogP contribution < -0.4 is 0 Å². The van der Waals surface area contributed by atoms with Crippen LogP contribution in [0.1, 0.15) is 78.6 Å². The lowest BCUT2D eigenvalue weighted by molar-refractivity contribution is -0.126. The Morgan fingerprint density at radius 2 is 2.00 bits per heavy atom. The number of rotatable bonds is 2. The van der Waals surface area contributed by atoms with Crippen LogP contribution in [0.4, 0.5) is 0 Å². The molecule has 3 saturated carbocycles. The Hall–Kier alpha value is -0.630. The molecule has 2 nitrogen and oxygen atoms in total. The van der Waals surface area contributed by atoms with Gasteiger partial charge in [-0.2, -0.15) is 0 Å². The first-order chi connectivity index (χ1) is 11.4. The van der Waals surface area contributed by atoms with Crippen molar-refractivity contribution in [2.45, 2.75) is 84.2 Å². The molecule has 0 bridgehead atoms. The fourth-order valence-corrected chi connectivity index (χ4v) is 7.33. The summed E-state index contributed by atoms with van der Waals surface area (Å²) in [6.07, 6.45) is 12.6. The van der Waals surface area contributed by atoms with Crippen LogP contribution >= 0.6 is 0 Å². The van der Waals surface area contributed by atoms with Crippen LogP contribution in [0.3, 0.4) is 0 Å². The molecule has 0 aromatic carbocycles. The molecule has 0 unspecified atom stereocenters. The third kappa shape index (κ3) is 2.35. The third-order valence-electron chi connectivity index (χ3n) is 8.74. The van der Waals surface area contributed by atoms with Gasteiger partial charge < -0.3 is 5.11 Å². The van der Waals surface area contributed by atoms with Gasteiger partial charge in [-0.05, 0) is 93.8 Å². The first kappa shape index (κ1) is 16.8. The highest BCUT2D eigenvalue weighted by Crippen LogP contribution is 2.63. The van der Waals surface area contributed by atoms with Gasteiger partial charge in [-0.3, -0.25) is 4.79 Å². The van der Waals surface area contributed by atoms with Gasteiger partial charge in [0.05, 0.1) is 5.60 Å². The highest BCUT2D eigenvalue weighted by Gasteiger charge is 2.57. The third-order valence-corrected chi connectivity index (χ3v) is 8.74. The van der Waals surface area contributed by atoms with Crippen LogP contribution in [-0.2, 0) is 4.79 Å². The Morgan fingerprint density at radius 1 is 1.21 bits per heavy atom. The van der Waals surface area contributed by atoms with Crippen molar-refractivity contribution < 1.29 is 9.90 Å². The summed E-state index contributed by atoms with van der Waals surface area (Å²) in [7, 11) is 0. The minimum atomic E-state index is -0.439. The smallest absolute Gasteiger partial charge is 0.133 e. The molecule has 0 saturated heterocycles. The summed E-state index contributed by atoms with van der Waals surface area (Å²) >= 11 is 0. The number of hydrogen-bond acceptors (Lipinski definition) is 2. The Balaban J connectivity index is 1.59. The van der Waals surface area contributed by atoms with Gasteiger partial charge in [0.2, 0.25) is 0 Å². The number of carbonyl (C=O) groups is 1. The van der Waals surface area contributed by atoms with E-state index in [9.17, 15) is 9.90 Å². The lowest BCUT2D eigenvalue weighted by Crippen LogP contribution is -2.48. The molecule has 7 atom stereocenters. The molecule has 0 aromatic heterocycles. The summed E-state index contributed by atoms with van der Waals surface area (Å²) < 4.78 is 0. The first-order valence-corrected chi connectivity index (χ1v) is 10.3. The average Bonchev–Trinajstić information content (AvgIpc) is 2.91. The second-order valence-corrected chi connectivity index (χ2v) is 9.63. The van der Waals surface area contributed by atoms with Gasteiger partial charge in [-0.15, -0.1) is 0 Å². The molecule has 4 rings (SSSR count). The number of hydrogen-bond donors (Lipinski definition) is 1. The van der Waals surface area contributed by atoms with E-state index in [-0.39, 0.29) is 5.41 Å². The van der Waals surface area contributed by atoms with Crippen molar-refractivity contribution in [3.05, 3.63) is 11.6 Å². The summed E-state index contributed by atoms with van der Waals surface area (Å²) in [5.74, 6) is 3.80. The van der Waals surface area contributed by atoms with Crippen molar-refractivity contribution in [2.24, 2.45) is 35.0 Å². The summed E-state index contributed by atoms with van der Waals surface area (Å²) in [6.45, 7) is 6.36. The van der Waals surface area contributed by atoms with E-state index in [4.69, 9.17) is 0 Å². The minimum Gasteiger partial charge on any atom is -0.390 e. The normalized spacial score (nSPS) is 50.5. The number of Topliss-reactive ketones (excluding diaryl/α,β-unsaturated/α-hetero) is 1. The standard InChI is InChI=1S/C22H34O2/c1-4-22(24)12-10-16-15(13-22)5-6-18-17(16)9-11-21(3)19(14(2)23)7-8-20(18)21/h5,16-20,24H,4,6-13H2,1-3H3/t16-,17+,18+,19+,20-,21+,22-/m0/s1. The van der Waals surface area contributed by atoms with Gasteiger partial charge in [0.15, 0.2) is 0 Å². The predicted molar refractivity (Wildman–Crippen MR) is 96.5 cm³/mol. The predicted octanol–water partition coefficient (Wildman–Crippen LogP) is 4.91. The molecular weight excluding hydrogens is 296 g/mol. The fourth-order valence-electron chi connectivity index (χ4n) is 7.33. The van der Waals surface area contributed by atoms with Gasteiger partial charge in [-0.1, -0.05) is 25.5 Å². The van der Waals surface area contributed by atoms with E-state index < -0.39 is 5.60 Å². The molecule has 0 aliphatic heterocycles. The van der Waals surface area contributed by atoms with Crippen molar-refractivity contribution in [3.8, 4) is 0 Å². The Bertz CT molecular complexity index is 564. The molecule has 3 fully saturated rings. The first-order valence-electron chi connectivity index (χ1n) is 10.3. The average molecular weight is 331 g/mol. The lowest BCUT2D eigenvalue weighted by Gasteiger charge is -2.54. The highest BCUT2D eigenvalue weighted by molar-refractivity contribution is 5.79. The van der Waals surface area contributed by atoms with Crippen molar-refractivity contribution in [1.82, 2.24) is 0 Å². The van der Waals surface area contributed by atoms with E-state index in [1.165, 1.54) is 32.1 Å². The minimum absolute atomic E-state index is 0.261. The van der Waals surface area contributed by atoms with Gasteiger partial charge >= 0.3 is 0 Å². The van der Waals surface area contributed by atoms with E-state index >= 15 is 0 Å². The van der Waals surface area contributed by atoms with Crippen LogP contribution in [0.5, 0.6) is 0 Å². The quantitative estimate of drug-likeness (QED) is 0.731. The van der Waals surface area contributed by atoms with Crippen molar-refractivity contribution in [1.29, 1.82) is 0 Å². The molecule has 4 aliphatic rings. The molecule has 1 N–H and O–H groups in total. The van der Waals surface area contributed by atoms with Crippen LogP contribution in [0.2, 0.25) is 0 Å². The van der Waals surface area contributed by atoms with Crippen molar-refractivity contribution in [3.63, 3.8) is 0 Å². The number of ketones is 1. The summed E-state index contributed by atoms with van der Waals surface area (Å²) in [5, 5.41) is 10.7. The zero-order chi connectivity index (χ0) is 17.1. The van der Waals surface area contributed by atoms with Crippen molar-refractivity contribution in [2.75, 3.05) is 0 Å². The maximum atomic E-state index is 12.2. The maximum absolute atomic E-state index is 12.2. The second-order valence-electron chi connectivity index (χ2n) is 9.63. The topological polar surface area (TPSA) is 37.3 Å². The number of aliphatic hydroxyl groups is 1. The largest absolute Gasteiger partial charge is 0.390 e. The highest BCUT2D eigenvalue weighted by atomic mass is 16.3. The molecule has 24 heavy (non-hydrogen) atoms. The number of allylic oxidation sites excluding steroid dienone is 1. The molecule has 2 heteroatoms. The molecule has 4 aliphatic carbocycles. The van der Waals surface area contributed by atoms with Crippen LogP contribution in [0.25, 0.3) is 0 Å². The van der Waals surface area contributed by atoms with Gasteiger partial charge in [0.25, 0.3) is 0 Å². The van der Waals surface area contributed by atoms with E-state index in [0.29, 0.717) is 11.7 Å². The Morgan fingerprint density at radius 3 is 2.71 bits per heavy atom. The van der Waals surface area contributed by atoms with Crippen LogP contribution in [0, 0.1) is 35.0 Å².